The molecule has 0 aromatic rings. The van der Waals surface area contributed by atoms with Crippen molar-refractivity contribution in [1.29, 1.82) is 0 Å². The Balaban J connectivity index is 3.12. The maximum absolute atomic E-state index is 12.0. The lowest BCUT2D eigenvalue weighted by Gasteiger charge is -2.30. The van der Waals surface area contributed by atoms with Gasteiger partial charge in [-0.3, -0.25) is 14.5 Å². The molecular weight excluding hydrogens is 190 g/mol. The Morgan fingerprint density at radius 3 is 1.87 bits per heavy atom. The van der Waals surface area contributed by atoms with Crippen LogP contribution in [0.5, 0.6) is 0 Å². The SMILES string of the molecule is CC(C)C1C(=O)N(C)C(=O)C1C(C)(C)C. The average molecular weight is 211 g/mol. The molecule has 1 aliphatic rings. The molecule has 86 valence electrons. The summed E-state index contributed by atoms with van der Waals surface area (Å²) in [6, 6.07) is 0. The molecule has 1 aliphatic heterocycles. The van der Waals surface area contributed by atoms with E-state index < -0.39 is 0 Å². The fourth-order valence-electron chi connectivity index (χ4n) is 2.42. The first-order valence-electron chi connectivity index (χ1n) is 5.49. The van der Waals surface area contributed by atoms with Crippen molar-refractivity contribution in [3.05, 3.63) is 0 Å². The second-order valence-electron chi connectivity index (χ2n) is 5.85. The number of likely N-dealkylation sites (tertiary alicyclic amines) is 1. The highest BCUT2D eigenvalue weighted by molar-refractivity contribution is 6.05. The van der Waals surface area contributed by atoms with Gasteiger partial charge in [-0.25, -0.2) is 0 Å². The minimum Gasteiger partial charge on any atom is -0.285 e. The number of carbonyl (C=O) groups excluding carboxylic acids is 2. The highest BCUT2D eigenvalue weighted by atomic mass is 16.2. The van der Waals surface area contributed by atoms with E-state index in [1.807, 2.05) is 34.6 Å². The average Bonchev–Trinajstić information content (AvgIpc) is 2.28. The number of imide groups is 1. The first-order chi connectivity index (χ1) is 6.68. The lowest BCUT2D eigenvalue weighted by atomic mass is 9.71. The van der Waals surface area contributed by atoms with Crippen LogP contribution in [0.4, 0.5) is 0 Å². The maximum Gasteiger partial charge on any atom is 0.233 e. The third kappa shape index (κ3) is 1.92. The van der Waals surface area contributed by atoms with Gasteiger partial charge in [0.2, 0.25) is 11.8 Å². The van der Waals surface area contributed by atoms with Crippen molar-refractivity contribution < 1.29 is 9.59 Å². The van der Waals surface area contributed by atoms with Gasteiger partial charge >= 0.3 is 0 Å². The molecule has 0 aromatic heterocycles. The van der Waals surface area contributed by atoms with Crippen LogP contribution in [0.25, 0.3) is 0 Å². The molecular formula is C12H21NO2. The van der Waals surface area contributed by atoms with Crippen molar-refractivity contribution in [3.63, 3.8) is 0 Å². The number of hydrogen-bond acceptors (Lipinski definition) is 2. The molecule has 0 bridgehead atoms. The topological polar surface area (TPSA) is 37.4 Å². The van der Waals surface area contributed by atoms with Gasteiger partial charge in [-0.1, -0.05) is 34.6 Å². The van der Waals surface area contributed by atoms with E-state index in [0.717, 1.165) is 0 Å². The third-order valence-electron chi connectivity index (χ3n) is 3.22. The van der Waals surface area contributed by atoms with Crippen LogP contribution in [0.15, 0.2) is 0 Å². The third-order valence-corrected chi connectivity index (χ3v) is 3.22. The number of carbonyl (C=O) groups is 2. The molecule has 1 heterocycles. The van der Waals surface area contributed by atoms with Crippen LogP contribution in [0.3, 0.4) is 0 Å². The fraction of sp³-hybridized carbons (Fsp3) is 0.833. The Morgan fingerprint density at radius 2 is 1.60 bits per heavy atom. The molecule has 0 saturated carbocycles. The van der Waals surface area contributed by atoms with Crippen molar-refractivity contribution >= 4 is 11.8 Å². The molecule has 2 atom stereocenters. The van der Waals surface area contributed by atoms with Crippen LogP contribution in [0, 0.1) is 23.2 Å². The van der Waals surface area contributed by atoms with E-state index in [2.05, 4.69) is 0 Å². The standard InChI is InChI=1S/C12H21NO2/c1-7(2)8-9(12(3,4)5)11(15)13(6)10(8)14/h7-9H,1-6H3. The van der Waals surface area contributed by atoms with Crippen molar-refractivity contribution in [3.8, 4) is 0 Å². The maximum atomic E-state index is 12.0. The van der Waals surface area contributed by atoms with Crippen molar-refractivity contribution in [2.45, 2.75) is 34.6 Å². The predicted molar refractivity (Wildman–Crippen MR) is 59.1 cm³/mol. The Kier molecular flexibility index (Phi) is 2.94. The second-order valence-corrected chi connectivity index (χ2v) is 5.85. The smallest absolute Gasteiger partial charge is 0.233 e. The minimum atomic E-state index is -0.171. The molecule has 3 heteroatoms. The summed E-state index contributed by atoms with van der Waals surface area (Å²) in [7, 11) is 1.59. The monoisotopic (exact) mass is 211 g/mol. The summed E-state index contributed by atoms with van der Waals surface area (Å²) in [4.78, 5) is 25.2. The van der Waals surface area contributed by atoms with Gasteiger partial charge in [-0.15, -0.1) is 0 Å². The molecule has 3 nitrogen and oxygen atoms in total. The Morgan fingerprint density at radius 1 is 1.13 bits per heavy atom. The van der Waals surface area contributed by atoms with E-state index in [1.54, 1.807) is 7.05 Å². The van der Waals surface area contributed by atoms with Crippen LogP contribution in [-0.4, -0.2) is 23.8 Å². The minimum absolute atomic E-state index is 0.0186. The molecule has 0 aromatic carbocycles. The summed E-state index contributed by atoms with van der Waals surface area (Å²) in [6.07, 6.45) is 0. The Hall–Kier alpha value is -0.860. The first kappa shape index (κ1) is 12.2. The summed E-state index contributed by atoms with van der Waals surface area (Å²) in [6.45, 7) is 10.1. The van der Waals surface area contributed by atoms with Crippen LogP contribution in [-0.2, 0) is 9.59 Å². The van der Waals surface area contributed by atoms with Gasteiger partial charge in [0.15, 0.2) is 0 Å². The normalized spacial score (nSPS) is 28.1. The Labute approximate surface area is 91.8 Å². The first-order valence-corrected chi connectivity index (χ1v) is 5.49. The van der Waals surface area contributed by atoms with E-state index in [0.29, 0.717) is 0 Å². The predicted octanol–water partition coefficient (Wildman–Crippen LogP) is 1.92. The second kappa shape index (κ2) is 3.62. The summed E-state index contributed by atoms with van der Waals surface area (Å²) >= 11 is 0. The van der Waals surface area contributed by atoms with Crippen LogP contribution < -0.4 is 0 Å². The molecule has 2 unspecified atom stereocenters. The van der Waals surface area contributed by atoms with Gasteiger partial charge in [0.25, 0.3) is 0 Å². The number of nitrogens with zero attached hydrogens (tertiary/aromatic N) is 1. The lowest BCUT2D eigenvalue weighted by molar-refractivity contribution is -0.138. The molecule has 2 amide bonds. The van der Waals surface area contributed by atoms with Gasteiger partial charge in [0.05, 0.1) is 11.8 Å². The van der Waals surface area contributed by atoms with Gasteiger partial charge in [0.1, 0.15) is 0 Å². The zero-order chi connectivity index (χ0) is 12.0. The highest BCUT2D eigenvalue weighted by Gasteiger charge is 2.51. The van der Waals surface area contributed by atoms with Crippen LogP contribution >= 0.6 is 0 Å². The van der Waals surface area contributed by atoms with Gasteiger partial charge in [0, 0.05) is 7.05 Å². The molecule has 0 radical (unpaired) electrons. The number of amides is 2. The summed E-state index contributed by atoms with van der Waals surface area (Å²) < 4.78 is 0. The van der Waals surface area contributed by atoms with Gasteiger partial charge in [-0.05, 0) is 11.3 Å². The number of rotatable bonds is 1. The molecule has 1 saturated heterocycles. The molecule has 1 fully saturated rings. The van der Waals surface area contributed by atoms with E-state index in [4.69, 9.17) is 0 Å². The quantitative estimate of drug-likeness (QED) is 0.621. The summed E-state index contributed by atoms with van der Waals surface area (Å²) in [5.74, 6) is -0.144. The molecule has 0 spiro atoms. The zero-order valence-electron chi connectivity index (χ0n) is 10.5. The van der Waals surface area contributed by atoms with Gasteiger partial charge in [-0.2, -0.15) is 0 Å². The van der Waals surface area contributed by atoms with Crippen molar-refractivity contribution in [2.24, 2.45) is 23.2 Å². The van der Waals surface area contributed by atoms with Crippen molar-refractivity contribution in [1.82, 2.24) is 4.90 Å². The molecule has 0 aliphatic carbocycles. The zero-order valence-corrected chi connectivity index (χ0v) is 10.5. The summed E-state index contributed by atoms with van der Waals surface area (Å²) in [5.41, 5.74) is -0.146. The lowest BCUT2D eigenvalue weighted by Crippen LogP contribution is -2.34. The van der Waals surface area contributed by atoms with E-state index in [-0.39, 0.29) is 35.0 Å². The van der Waals surface area contributed by atoms with E-state index in [9.17, 15) is 9.59 Å². The van der Waals surface area contributed by atoms with Crippen LogP contribution in [0.1, 0.15) is 34.6 Å². The fourth-order valence-corrected chi connectivity index (χ4v) is 2.42. The number of hydrogen-bond donors (Lipinski definition) is 0. The van der Waals surface area contributed by atoms with Gasteiger partial charge < -0.3 is 0 Å². The largest absolute Gasteiger partial charge is 0.285 e. The van der Waals surface area contributed by atoms with E-state index in [1.165, 1.54) is 4.90 Å². The summed E-state index contributed by atoms with van der Waals surface area (Å²) in [5, 5.41) is 0. The molecule has 0 N–H and O–H groups in total. The highest BCUT2D eigenvalue weighted by Crippen LogP contribution is 2.42. The Bertz CT molecular complexity index is 288. The van der Waals surface area contributed by atoms with Crippen molar-refractivity contribution in [2.75, 3.05) is 7.05 Å². The molecule has 15 heavy (non-hydrogen) atoms. The van der Waals surface area contributed by atoms with Crippen LogP contribution in [0.2, 0.25) is 0 Å². The molecule has 1 rings (SSSR count). The van der Waals surface area contributed by atoms with E-state index >= 15 is 0 Å².